The number of nitrogens with two attached hydrogens (primary N) is 1. The van der Waals surface area contributed by atoms with Gasteiger partial charge < -0.3 is 10.5 Å². The predicted octanol–water partition coefficient (Wildman–Crippen LogP) is 3.29. The Balaban J connectivity index is 1.83. The molecule has 0 spiro atoms. The van der Waals surface area contributed by atoms with E-state index in [2.05, 4.69) is 0 Å². The third-order valence-corrected chi connectivity index (χ3v) is 3.94. The summed E-state index contributed by atoms with van der Waals surface area (Å²) >= 11 is 5.88. The van der Waals surface area contributed by atoms with Crippen molar-refractivity contribution in [3.05, 3.63) is 34.9 Å². The first-order chi connectivity index (χ1) is 9.16. The largest absolute Gasteiger partial charge is 0.460 e. The summed E-state index contributed by atoms with van der Waals surface area (Å²) in [6, 6.07) is 6.82. The standard InChI is InChI=1S/C15H20ClNO2/c16-13-8-4-5-11(9-13)10-19-15(18)14(17)12-6-2-1-3-7-12/h4-5,8-9,12,14H,1-3,6-7,10,17H2. The summed E-state index contributed by atoms with van der Waals surface area (Å²) < 4.78 is 5.28. The van der Waals surface area contributed by atoms with Crippen LogP contribution in [0, 0.1) is 5.92 Å². The van der Waals surface area contributed by atoms with Gasteiger partial charge in [0, 0.05) is 5.02 Å². The molecule has 1 aromatic rings. The molecule has 0 bridgehead atoms. The average Bonchev–Trinajstić information content (AvgIpc) is 2.45. The summed E-state index contributed by atoms with van der Waals surface area (Å²) in [6.45, 7) is 0.236. The minimum Gasteiger partial charge on any atom is -0.460 e. The average molecular weight is 282 g/mol. The fraction of sp³-hybridized carbons (Fsp3) is 0.533. The summed E-state index contributed by atoms with van der Waals surface area (Å²) in [6.07, 6.45) is 5.65. The Bertz CT molecular complexity index is 430. The maximum atomic E-state index is 11.9. The second-order valence-corrected chi connectivity index (χ2v) is 5.60. The lowest BCUT2D eigenvalue weighted by molar-refractivity contribution is -0.148. The molecule has 4 heteroatoms. The molecule has 0 aliphatic heterocycles. The van der Waals surface area contributed by atoms with Gasteiger partial charge in [-0.1, -0.05) is 43.0 Å². The van der Waals surface area contributed by atoms with E-state index in [4.69, 9.17) is 22.1 Å². The van der Waals surface area contributed by atoms with Crippen molar-refractivity contribution < 1.29 is 9.53 Å². The zero-order valence-corrected chi connectivity index (χ0v) is 11.7. The van der Waals surface area contributed by atoms with Crippen LogP contribution < -0.4 is 5.73 Å². The molecule has 0 aromatic heterocycles. The summed E-state index contributed by atoms with van der Waals surface area (Å²) in [4.78, 5) is 11.9. The van der Waals surface area contributed by atoms with Crippen LogP contribution >= 0.6 is 11.6 Å². The maximum absolute atomic E-state index is 11.9. The van der Waals surface area contributed by atoms with Gasteiger partial charge in [0.1, 0.15) is 12.6 Å². The lowest BCUT2D eigenvalue weighted by Crippen LogP contribution is -2.40. The molecule has 1 aliphatic rings. The number of benzene rings is 1. The van der Waals surface area contributed by atoms with Crippen molar-refractivity contribution in [3.63, 3.8) is 0 Å². The van der Waals surface area contributed by atoms with E-state index >= 15 is 0 Å². The van der Waals surface area contributed by atoms with Crippen LogP contribution in [0.5, 0.6) is 0 Å². The van der Waals surface area contributed by atoms with Crippen molar-refractivity contribution in [2.24, 2.45) is 11.7 Å². The quantitative estimate of drug-likeness (QED) is 0.862. The molecular weight excluding hydrogens is 262 g/mol. The Morgan fingerprint density at radius 1 is 1.37 bits per heavy atom. The van der Waals surface area contributed by atoms with E-state index in [1.165, 1.54) is 19.3 Å². The van der Waals surface area contributed by atoms with E-state index in [1.807, 2.05) is 12.1 Å². The van der Waals surface area contributed by atoms with Crippen LogP contribution in [0.2, 0.25) is 5.02 Å². The normalized spacial score (nSPS) is 18.0. The zero-order chi connectivity index (χ0) is 13.7. The third kappa shape index (κ3) is 4.22. The van der Waals surface area contributed by atoms with Gasteiger partial charge >= 0.3 is 5.97 Å². The Labute approximate surface area is 119 Å². The molecule has 2 rings (SSSR count). The van der Waals surface area contributed by atoms with Gasteiger partial charge in [-0.2, -0.15) is 0 Å². The molecule has 0 heterocycles. The maximum Gasteiger partial charge on any atom is 0.323 e. The molecule has 1 atom stereocenters. The van der Waals surface area contributed by atoms with E-state index in [0.29, 0.717) is 5.02 Å². The first kappa shape index (κ1) is 14.4. The molecule has 2 N–H and O–H groups in total. The van der Waals surface area contributed by atoms with Crippen molar-refractivity contribution in [3.8, 4) is 0 Å². The molecule has 19 heavy (non-hydrogen) atoms. The van der Waals surface area contributed by atoms with Gasteiger partial charge in [0.15, 0.2) is 0 Å². The molecule has 104 valence electrons. The number of halogens is 1. The Morgan fingerprint density at radius 2 is 2.11 bits per heavy atom. The monoisotopic (exact) mass is 281 g/mol. The minimum absolute atomic E-state index is 0.236. The molecule has 1 aliphatic carbocycles. The Kier molecular flexibility index (Phi) is 5.23. The SMILES string of the molecule is NC(C(=O)OCc1cccc(Cl)c1)C1CCCCC1. The highest BCUT2D eigenvalue weighted by Crippen LogP contribution is 2.26. The molecule has 0 saturated heterocycles. The number of ether oxygens (including phenoxy) is 1. The highest BCUT2D eigenvalue weighted by Gasteiger charge is 2.27. The van der Waals surface area contributed by atoms with E-state index in [-0.39, 0.29) is 18.5 Å². The molecule has 1 fully saturated rings. The first-order valence-electron chi connectivity index (χ1n) is 6.83. The molecule has 3 nitrogen and oxygen atoms in total. The highest BCUT2D eigenvalue weighted by atomic mass is 35.5. The van der Waals surface area contributed by atoms with Gasteiger partial charge in [0.2, 0.25) is 0 Å². The first-order valence-corrected chi connectivity index (χ1v) is 7.21. The highest BCUT2D eigenvalue weighted by molar-refractivity contribution is 6.30. The number of hydrogen-bond donors (Lipinski definition) is 1. The molecule has 1 unspecified atom stereocenters. The van der Waals surface area contributed by atoms with Gasteiger partial charge in [0.25, 0.3) is 0 Å². The Hall–Kier alpha value is -1.06. The summed E-state index contributed by atoms with van der Waals surface area (Å²) in [5, 5.41) is 0.644. The molecule has 1 saturated carbocycles. The van der Waals surface area contributed by atoms with Gasteiger partial charge in [-0.15, -0.1) is 0 Å². The van der Waals surface area contributed by atoms with Gasteiger partial charge in [-0.05, 0) is 36.5 Å². The second-order valence-electron chi connectivity index (χ2n) is 5.16. The molecule has 0 radical (unpaired) electrons. The number of carbonyl (C=O) groups excluding carboxylic acids is 1. The minimum atomic E-state index is -0.487. The lowest BCUT2D eigenvalue weighted by Gasteiger charge is -2.25. The van der Waals surface area contributed by atoms with E-state index in [0.717, 1.165) is 18.4 Å². The van der Waals surface area contributed by atoms with Crippen LogP contribution in [0.4, 0.5) is 0 Å². The van der Waals surface area contributed by atoms with Crippen LogP contribution in [0.3, 0.4) is 0 Å². The number of esters is 1. The summed E-state index contributed by atoms with van der Waals surface area (Å²) in [7, 11) is 0. The molecule has 1 aromatic carbocycles. The molecule has 0 amide bonds. The van der Waals surface area contributed by atoms with Gasteiger partial charge in [-0.3, -0.25) is 4.79 Å². The topological polar surface area (TPSA) is 52.3 Å². The molecular formula is C15H20ClNO2. The van der Waals surface area contributed by atoms with Crippen molar-refractivity contribution >= 4 is 17.6 Å². The summed E-state index contributed by atoms with van der Waals surface area (Å²) in [5.41, 5.74) is 6.87. The Morgan fingerprint density at radius 3 is 2.79 bits per heavy atom. The zero-order valence-electron chi connectivity index (χ0n) is 11.0. The van der Waals surface area contributed by atoms with E-state index < -0.39 is 6.04 Å². The lowest BCUT2D eigenvalue weighted by atomic mass is 9.84. The van der Waals surface area contributed by atoms with Crippen molar-refractivity contribution in [1.82, 2.24) is 0 Å². The number of hydrogen-bond acceptors (Lipinski definition) is 3. The van der Waals surface area contributed by atoms with Gasteiger partial charge in [-0.25, -0.2) is 0 Å². The number of rotatable bonds is 4. The summed E-state index contributed by atoms with van der Waals surface area (Å²) in [5.74, 6) is -0.0208. The predicted molar refractivity (Wildman–Crippen MR) is 75.8 cm³/mol. The van der Waals surface area contributed by atoms with E-state index in [9.17, 15) is 4.79 Å². The van der Waals surface area contributed by atoms with Crippen molar-refractivity contribution in [2.45, 2.75) is 44.8 Å². The van der Waals surface area contributed by atoms with Crippen LogP contribution in [0.25, 0.3) is 0 Å². The van der Waals surface area contributed by atoms with Gasteiger partial charge in [0.05, 0.1) is 0 Å². The fourth-order valence-corrected chi connectivity index (χ4v) is 2.78. The fourth-order valence-electron chi connectivity index (χ4n) is 2.56. The van der Waals surface area contributed by atoms with Crippen molar-refractivity contribution in [2.75, 3.05) is 0 Å². The number of carbonyl (C=O) groups is 1. The van der Waals surface area contributed by atoms with Crippen LogP contribution in [0.1, 0.15) is 37.7 Å². The van der Waals surface area contributed by atoms with Crippen LogP contribution in [0.15, 0.2) is 24.3 Å². The van der Waals surface area contributed by atoms with Crippen LogP contribution in [-0.4, -0.2) is 12.0 Å². The van der Waals surface area contributed by atoms with Crippen LogP contribution in [-0.2, 0) is 16.1 Å². The van der Waals surface area contributed by atoms with E-state index in [1.54, 1.807) is 12.1 Å². The smallest absolute Gasteiger partial charge is 0.323 e. The van der Waals surface area contributed by atoms with Crippen molar-refractivity contribution in [1.29, 1.82) is 0 Å². The third-order valence-electron chi connectivity index (χ3n) is 3.70. The second kappa shape index (κ2) is 6.92.